The molecule has 7 nitrogen and oxygen atoms in total. The van der Waals surface area contributed by atoms with Gasteiger partial charge in [-0.25, -0.2) is 0 Å². The minimum Gasteiger partial charge on any atom is -0.492 e. The van der Waals surface area contributed by atoms with Crippen LogP contribution in [0.5, 0.6) is 5.75 Å². The van der Waals surface area contributed by atoms with Gasteiger partial charge in [-0.1, -0.05) is 18.2 Å². The zero-order valence-electron chi connectivity index (χ0n) is 18.9. The Balaban J connectivity index is 1.18. The van der Waals surface area contributed by atoms with Gasteiger partial charge in [0.05, 0.1) is 19.3 Å². The van der Waals surface area contributed by atoms with E-state index < -0.39 is 0 Å². The van der Waals surface area contributed by atoms with Gasteiger partial charge in [0, 0.05) is 57.2 Å². The summed E-state index contributed by atoms with van der Waals surface area (Å²) in [4.78, 5) is 19.8. The molecule has 2 aliphatic rings. The van der Waals surface area contributed by atoms with E-state index in [2.05, 4.69) is 32.1 Å². The summed E-state index contributed by atoms with van der Waals surface area (Å²) in [5.41, 5.74) is 2.02. The number of amides is 1. The first-order chi connectivity index (χ1) is 15.7. The second kappa shape index (κ2) is 11.3. The molecule has 172 valence electrons. The van der Waals surface area contributed by atoms with Crippen LogP contribution in [-0.2, 0) is 9.53 Å². The highest BCUT2D eigenvalue weighted by Crippen LogP contribution is 2.19. The molecule has 2 heterocycles. The van der Waals surface area contributed by atoms with E-state index in [9.17, 15) is 4.79 Å². The van der Waals surface area contributed by atoms with Gasteiger partial charge >= 0.3 is 0 Å². The van der Waals surface area contributed by atoms with Crippen LogP contribution in [0.4, 0.5) is 11.4 Å². The van der Waals surface area contributed by atoms with Gasteiger partial charge in [0.1, 0.15) is 12.4 Å². The molecule has 0 unspecified atom stereocenters. The first-order valence-corrected chi connectivity index (χ1v) is 11.6. The lowest BCUT2D eigenvalue weighted by Gasteiger charge is -2.37. The van der Waals surface area contributed by atoms with Crippen molar-refractivity contribution in [1.29, 1.82) is 0 Å². The van der Waals surface area contributed by atoms with Gasteiger partial charge in [-0.15, -0.1) is 0 Å². The minimum atomic E-state index is -0.156. The number of nitrogens with zero attached hydrogens (tertiary/aromatic N) is 3. The van der Waals surface area contributed by atoms with Crippen LogP contribution >= 0.6 is 0 Å². The van der Waals surface area contributed by atoms with Gasteiger partial charge in [-0.2, -0.15) is 0 Å². The van der Waals surface area contributed by atoms with Crippen molar-refractivity contribution >= 4 is 17.3 Å². The molecule has 0 aromatic heterocycles. The van der Waals surface area contributed by atoms with Gasteiger partial charge in [0.25, 0.3) is 0 Å². The molecule has 2 aliphatic heterocycles. The molecule has 32 heavy (non-hydrogen) atoms. The zero-order chi connectivity index (χ0) is 22.2. The van der Waals surface area contributed by atoms with Crippen molar-refractivity contribution < 1.29 is 14.3 Å². The first-order valence-electron chi connectivity index (χ1n) is 11.6. The maximum atomic E-state index is 12.8. The van der Waals surface area contributed by atoms with Crippen molar-refractivity contribution in [2.24, 2.45) is 0 Å². The molecule has 7 heteroatoms. The molecule has 1 atom stereocenters. The third-order valence-electron chi connectivity index (χ3n) is 6.26. The van der Waals surface area contributed by atoms with Gasteiger partial charge in [-0.3, -0.25) is 14.6 Å². The summed E-state index contributed by atoms with van der Waals surface area (Å²) in [6.07, 6.45) is 0. The summed E-state index contributed by atoms with van der Waals surface area (Å²) in [5.74, 6) is 0.958. The van der Waals surface area contributed by atoms with Crippen molar-refractivity contribution in [3.8, 4) is 5.75 Å². The van der Waals surface area contributed by atoms with Gasteiger partial charge in [0.2, 0.25) is 5.91 Å². The Bertz CT molecular complexity index is 832. The summed E-state index contributed by atoms with van der Waals surface area (Å²) in [7, 11) is 0. The van der Waals surface area contributed by atoms with E-state index >= 15 is 0 Å². The van der Waals surface area contributed by atoms with Crippen LogP contribution in [-0.4, -0.2) is 87.4 Å². The molecule has 2 aromatic carbocycles. The van der Waals surface area contributed by atoms with E-state index in [1.807, 2.05) is 49.4 Å². The number of ether oxygens (including phenoxy) is 2. The molecule has 0 saturated carbocycles. The number of piperazine rings is 1. The summed E-state index contributed by atoms with van der Waals surface area (Å²) < 4.78 is 11.2. The first kappa shape index (κ1) is 22.6. The average molecular weight is 439 g/mol. The number of hydrogen-bond acceptors (Lipinski definition) is 6. The maximum absolute atomic E-state index is 12.8. The number of rotatable bonds is 8. The highest BCUT2D eigenvalue weighted by atomic mass is 16.5. The van der Waals surface area contributed by atoms with Crippen LogP contribution in [0.15, 0.2) is 54.6 Å². The molecule has 0 bridgehead atoms. The highest BCUT2D eigenvalue weighted by molar-refractivity contribution is 5.94. The second-order valence-electron chi connectivity index (χ2n) is 8.35. The largest absolute Gasteiger partial charge is 0.492 e. The van der Waals surface area contributed by atoms with Gasteiger partial charge < -0.3 is 19.7 Å². The highest BCUT2D eigenvalue weighted by Gasteiger charge is 2.25. The molecule has 2 aromatic rings. The van der Waals surface area contributed by atoms with Crippen LogP contribution in [0.1, 0.15) is 6.92 Å². The number of nitrogens with one attached hydrogen (secondary N) is 1. The normalized spacial score (nSPS) is 18.8. The zero-order valence-corrected chi connectivity index (χ0v) is 18.9. The Morgan fingerprint density at radius 3 is 2.34 bits per heavy atom. The third-order valence-corrected chi connectivity index (χ3v) is 6.26. The maximum Gasteiger partial charge on any atom is 0.241 e. The Kier molecular flexibility index (Phi) is 7.98. The fourth-order valence-electron chi connectivity index (χ4n) is 4.17. The summed E-state index contributed by atoms with van der Waals surface area (Å²) in [5, 5.41) is 3.08. The van der Waals surface area contributed by atoms with Crippen molar-refractivity contribution in [3.05, 3.63) is 54.6 Å². The molecular formula is C25H34N4O3. The fraction of sp³-hybridized carbons (Fsp3) is 0.480. The Labute approximate surface area is 190 Å². The Morgan fingerprint density at radius 2 is 1.66 bits per heavy atom. The molecule has 0 aliphatic carbocycles. The number of hydrogen-bond donors (Lipinski definition) is 1. The topological polar surface area (TPSA) is 57.3 Å². The van der Waals surface area contributed by atoms with E-state index in [-0.39, 0.29) is 11.9 Å². The third kappa shape index (κ3) is 6.22. The number of carbonyl (C=O) groups is 1. The monoisotopic (exact) mass is 438 g/mol. The molecule has 0 spiro atoms. The van der Waals surface area contributed by atoms with Crippen LogP contribution in [0, 0.1) is 0 Å². The van der Waals surface area contributed by atoms with Gasteiger partial charge in [-0.05, 0) is 43.3 Å². The van der Waals surface area contributed by atoms with E-state index in [0.717, 1.165) is 70.5 Å². The summed E-state index contributed by atoms with van der Waals surface area (Å²) >= 11 is 0. The van der Waals surface area contributed by atoms with Crippen LogP contribution in [0.3, 0.4) is 0 Å². The number of carbonyl (C=O) groups excluding carboxylic acids is 1. The van der Waals surface area contributed by atoms with Crippen LogP contribution in [0.25, 0.3) is 0 Å². The molecule has 2 fully saturated rings. The number of para-hydroxylation sites is 1. The number of morpholine rings is 1. The minimum absolute atomic E-state index is 0.0463. The van der Waals surface area contributed by atoms with Crippen LogP contribution < -0.4 is 15.0 Å². The molecule has 2 saturated heterocycles. The van der Waals surface area contributed by atoms with E-state index in [1.54, 1.807) is 0 Å². The molecule has 4 rings (SSSR count). The average Bonchev–Trinajstić information content (AvgIpc) is 2.86. The van der Waals surface area contributed by atoms with Crippen molar-refractivity contribution in [1.82, 2.24) is 9.80 Å². The fourth-order valence-corrected chi connectivity index (χ4v) is 4.17. The van der Waals surface area contributed by atoms with Crippen molar-refractivity contribution in [3.63, 3.8) is 0 Å². The van der Waals surface area contributed by atoms with E-state index in [1.165, 1.54) is 5.69 Å². The van der Waals surface area contributed by atoms with E-state index in [4.69, 9.17) is 9.47 Å². The van der Waals surface area contributed by atoms with Gasteiger partial charge in [0.15, 0.2) is 0 Å². The molecule has 0 radical (unpaired) electrons. The number of anilines is 2. The lowest BCUT2D eigenvalue weighted by Crippen LogP contribution is -2.53. The van der Waals surface area contributed by atoms with Crippen LogP contribution in [0.2, 0.25) is 0 Å². The number of benzene rings is 2. The summed E-state index contributed by atoms with van der Waals surface area (Å²) in [6.45, 7) is 10.6. The Morgan fingerprint density at radius 1 is 0.969 bits per heavy atom. The quantitative estimate of drug-likeness (QED) is 0.684. The molecule has 1 N–H and O–H groups in total. The SMILES string of the molecule is C[C@H](C(=O)Nc1ccc(N2CCOCC2)cc1)N1CCN(CCOc2ccccc2)CC1. The van der Waals surface area contributed by atoms with Crippen molar-refractivity contribution in [2.45, 2.75) is 13.0 Å². The predicted molar refractivity (Wildman–Crippen MR) is 128 cm³/mol. The smallest absolute Gasteiger partial charge is 0.241 e. The lowest BCUT2D eigenvalue weighted by atomic mass is 10.2. The predicted octanol–water partition coefficient (Wildman–Crippen LogP) is 2.55. The lowest BCUT2D eigenvalue weighted by molar-refractivity contribution is -0.121. The molecular weight excluding hydrogens is 404 g/mol. The standard InChI is InChI=1S/C25H34N4O3/c1-21(25(30)26-22-7-9-23(10-8-22)29-16-18-31-19-17-29)28-13-11-27(12-14-28)15-20-32-24-5-3-2-4-6-24/h2-10,21H,11-20H2,1H3,(H,26,30)/t21-/m1/s1. The Hall–Kier alpha value is -2.61. The second-order valence-corrected chi connectivity index (χ2v) is 8.35. The van der Waals surface area contributed by atoms with Crippen molar-refractivity contribution in [2.75, 3.05) is 75.9 Å². The molecule has 1 amide bonds. The van der Waals surface area contributed by atoms with E-state index in [0.29, 0.717) is 6.61 Å². The summed E-state index contributed by atoms with van der Waals surface area (Å²) in [6, 6.07) is 17.9.